The van der Waals surface area contributed by atoms with E-state index in [4.69, 9.17) is 24.2 Å². The molecule has 1 heterocycles. The molecule has 1 amide bonds. The maximum absolute atomic E-state index is 14.9. The Balaban J connectivity index is 1.34. The molecule has 1 aliphatic heterocycles. The van der Waals surface area contributed by atoms with Gasteiger partial charge in [0.1, 0.15) is 29.9 Å². The van der Waals surface area contributed by atoms with Crippen LogP contribution < -0.4 is 9.47 Å². The summed E-state index contributed by atoms with van der Waals surface area (Å²) in [6.45, 7) is 9.37. The number of allylic oxidation sites excluding steroid dienone is 1. The number of benzene rings is 4. The van der Waals surface area contributed by atoms with Gasteiger partial charge in [0.15, 0.2) is 0 Å². The molecule has 0 bridgehead atoms. The lowest BCUT2D eigenvalue weighted by atomic mass is 9.55. The van der Waals surface area contributed by atoms with Crippen LogP contribution in [-0.4, -0.2) is 69.8 Å². The predicted octanol–water partition coefficient (Wildman–Crippen LogP) is 13.5. The van der Waals surface area contributed by atoms with Gasteiger partial charge in [-0.1, -0.05) is 126 Å². The molecule has 6 unspecified atom stereocenters. The molecular weight excluding hydrogens is 895 g/mol. The van der Waals surface area contributed by atoms with Crippen molar-refractivity contribution in [2.24, 2.45) is 22.9 Å². The molecule has 6 atom stereocenters. The van der Waals surface area contributed by atoms with Crippen LogP contribution in [0.1, 0.15) is 146 Å². The van der Waals surface area contributed by atoms with Gasteiger partial charge in [0.05, 0.1) is 23.2 Å². The molecular formula is C59H77N3O9. The number of nitrogens with zero attached hydrogens (tertiary/aromatic N) is 3. The third-order valence-electron chi connectivity index (χ3n) is 14.8. The van der Waals surface area contributed by atoms with Crippen molar-refractivity contribution in [1.29, 1.82) is 0 Å². The van der Waals surface area contributed by atoms with Crippen molar-refractivity contribution >= 4 is 28.1 Å². The van der Waals surface area contributed by atoms with Crippen LogP contribution in [0.3, 0.4) is 0 Å². The van der Waals surface area contributed by atoms with Crippen LogP contribution in [0.4, 0.5) is 5.69 Å². The zero-order chi connectivity index (χ0) is 50.0. The first-order chi connectivity index (χ1) is 34.7. The summed E-state index contributed by atoms with van der Waals surface area (Å²) in [6, 6.07) is 26.0. The van der Waals surface area contributed by atoms with E-state index >= 15 is 0 Å². The van der Waals surface area contributed by atoms with Crippen molar-refractivity contribution in [3.8, 4) is 17.2 Å². The average Bonchev–Trinajstić information content (AvgIpc) is 3.38. The zero-order valence-electron chi connectivity index (χ0n) is 42.2. The molecule has 0 radical (unpaired) electrons. The highest BCUT2D eigenvalue weighted by Crippen LogP contribution is 2.62. The number of fused-ring (bicyclic) bond motifs is 3. The molecule has 4 aromatic rings. The summed E-state index contributed by atoms with van der Waals surface area (Å²) in [6.07, 6.45) is 20.4. The Morgan fingerprint density at radius 2 is 1.54 bits per heavy atom. The second-order valence-corrected chi connectivity index (χ2v) is 19.7. The number of ether oxygens (including phenoxy) is 3. The summed E-state index contributed by atoms with van der Waals surface area (Å²) in [7, 11) is 0. The van der Waals surface area contributed by atoms with Crippen molar-refractivity contribution < 1.29 is 39.0 Å². The third kappa shape index (κ3) is 13.3. The van der Waals surface area contributed by atoms with Crippen LogP contribution in [0.2, 0.25) is 0 Å². The van der Waals surface area contributed by atoms with E-state index in [1.165, 1.54) is 50.7 Å². The quantitative estimate of drug-likeness (QED) is 0.0225. The Morgan fingerprint density at radius 3 is 2.24 bits per heavy atom. The van der Waals surface area contributed by atoms with Crippen LogP contribution in [0, 0.1) is 27.9 Å². The van der Waals surface area contributed by atoms with E-state index in [2.05, 4.69) is 56.8 Å². The van der Waals surface area contributed by atoms with Gasteiger partial charge in [-0.25, -0.2) is 0 Å². The number of rotatable bonds is 30. The van der Waals surface area contributed by atoms with E-state index in [0.29, 0.717) is 55.2 Å². The first-order valence-corrected chi connectivity index (χ1v) is 26.6. The lowest BCUT2D eigenvalue weighted by Gasteiger charge is -2.60. The topological polar surface area (TPSA) is 153 Å². The van der Waals surface area contributed by atoms with E-state index in [1.807, 2.05) is 35.2 Å². The molecule has 12 heteroatoms. The molecule has 2 aliphatic carbocycles. The molecule has 3 aliphatic rings. The van der Waals surface area contributed by atoms with E-state index in [0.717, 1.165) is 78.8 Å². The van der Waals surface area contributed by atoms with Gasteiger partial charge in [-0.2, -0.15) is 0 Å². The Morgan fingerprint density at radius 1 is 0.845 bits per heavy atom. The summed E-state index contributed by atoms with van der Waals surface area (Å²) in [5, 5.41) is 38.7. The number of nitro benzene ring substituents is 1. The Kier molecular flexibility index (Phi) is 20.1. The van der Waals surface area contributed by atoms with Gasteiger partial charge in [0.2, 0.25) is 11.7 Å². The summed E-state index contributed by atoms with van der Waals surface area (Å²) in [4.78, 5) is 34.2. The number of carbonyl (C=O) groups excluding carboxylic acids is 1. The minimum absolute atomic E-state index is 0.00303. The number of unbranched alkanes of at least 4 members (excludes halogenated alkanes) is 10. The Bertz CT molecular complexity index is 2420. The molecule has 2 N–H and O–H groups in total. The largest absolute Gasteiger partial charge is 0.459 e. The highest BCUT2D eigenvalue weighted by molar-refractivity contribution is 6.03. The molecule has 0 aromatic heterocycles. The lowest BCUT2D eigenvalue weighted by molar-refractivity contribution is -0.384. The van der Waals surface area contributed by atoms with Crippen molar-refractivity contribution in [2.75, 3.05) is 26.4 Å². The molecule has 1 saturated carbocycles. The number of non-ortho nitro benzene ring substituents is 1. The molecule has 12 nitrogen and oxygen atoms in total. The van der Waals surface area contributed by atoms with Gasteiger partial charge in [-0.05, 0) is 115 Å². The predicted molar refractivity (Wildman–Crippen MR) is 281 cm³/mol. The van der Waals surface area contributed by atoms with Crippen molar-refractivity contribution in [3.63, 3.8) is 0 Å². The fraction of sp³-hybridized carbons (Fsp3) is 0.525. The van der Waals surface area contributed by atoms with Crippen LogP contribution >= 0.6 is 0 Å². The lowest BCUT2D eigenvalue weighted by Crippen LogP contribution is -2.70. The Hall–Kier alpha value is -5.56. The molecule has 0 saturated heterocycles. The SMILES string of the molecule is C=CCOC12Oc3ccc(Oc4ccc5ccccc5c4)cc3C3C(CCCCO)C(CCCCO)C=C(C(=NOCc4ccc([N+](=O)[O-])cc4)CC1N(CCC)C(=O)CCCCCCCCCCC)C32. The molecule has 1 fully saturated rings. The van der Waals surface area contributed by atoms with Crippen LogP contribution in [-0.2, 0) is 21.0 Å². The zero-order valence-corrected chi connectivity index (χ0v) is 42.2. The summed E-state index contributed by atoms with van der Waals surface area (Å²) in [5.74, 6) is 0.199. The molecule has 71 heavy (non-hydrogen) atoms. The maximum Gasteiger partial charge on any atom is 0.269 e. The number of oxime groups is 1. The minimum atomic E-state index is -1.36. The number of hydrogen-bond acceptors (Lipinski definition) is 10. The number of aliphatic hydroxyl groups excluding tert-OH is 2. The van der Waals surface area contributed by atoms with Crippen LogP contribution in [0.5, 0.6) is 17.2 Å². The van der Waals surface area contributed by atoms with Crippen LogP contribution in [0.15, 0.2) is 114 Å². The average molecular weight is 972 g/mol. The minimum Gasteiger partial charge on any atom is -0.459 e. The highest BCUT2D eigenvalue weighted by Gasteiger charge is 2.65. The summed E-state index contributed by atoms with van der Waals surface area (Å²) < 4.78 is 21.4. The normalized spacial score (nSPS) is 21.7. The molecule has 382 valence electrons. The number of nitro groups is 1. The van der Waals surface area contributed by atoms with Gasteiger partial charge in [0, 0.05) is 56.2 Å². The fourth-order valence-corrected chi connectivity index (χ4v) is 11.4. The highest BCUT2D eigenvalue weighted by atomic mass is 16.7. The summed E-state index contributed by atoms with van der Waals surface area (Å²) >= 11 is 0. The van der Waals surface area contributed by atoms with Gasteiger partial charge in [-0.15, -0.1) is 6.58 Å². The first kappa shape index (κ1) is 53.2. The fourth-order valence-electron chi connectivity index (χ4n) is 11.4. The molecule has 4 aromatic carbocycles. The number of carbonyl (C=O) groups is 1. The van der Waals surface area contributed by atoms with E-state index in [9.17, 15) is 25.1 Å². The number of amides is 1. The van der Waals surface area contributed by atoms with E-state index in [-0.39, 0.29) is 55.8 Å². The van der Waals surface area contributed by atoms with Gasteiger partial charge < -0.3 is 34.2 Å². The van der Waals surface area contributed by atoms with E-state index < -0.39 is 22.7 Å². The first-order valence-electron chi connectivity index (χ1n) is 26.6. The van der Waals surface area contributed by atoms with Crippen molar-refractivity contribution in [3.05, 3.63) is 130 Å². The van der Waals surface area contributed by atoms with Gasteiger partial charge >= 0.3 is 0 Å². The van der Waals surface area contributed by atoms with Crippen molar-refractivity contribution in [1.82, 2.24) is 4.90 Å². The molecule has 7 rings (SSSR count). The number of aliphatic hydroxyl groups is 2. The third-order valence-corrected chi connectivity index (χ3v) is 14.8. The maximum atomic E-state index is 14.9. The van der Waals surface area contributed by atoms with Gasteiger partial charge in [0.25, 0.3) is 5.69 Å². The van der Waals surface area contributed by atoms with E-state index in [1.54, 1.807) is 18.2 Å². The van der Waals surface area contributed by atoms with Crippen molar-refractivity contribution in [2.45, 2.75) is 154 Å². The Labute approximate surface area is 421 Å². The monoisotopic (exact) mass is 972 g/mol. The summed E-state index contributed by atoms with van der Waals surface area (Å²) in [5.41, 5.74) is 3.36. The second kappa shape index (κ2) is 26.8. The second-order valence-electron chi connectivity index (χ2n) is 19.7. The standard InChI is InChI=1S/C59H77N3O9/c1-4-7-8-9-10-11-12-13-14-25-56(65)61(34-5-2)55-41-53(60-69-42-43-26-29-47(30-27-43)62(66)67)51-39-46(23-17-19-35-63)50(24-18-20-36-64)57-52-40-49(70-48-31-28-44-21-15-16-22-45(44)38-48)32-33-54(52)71-59(55,58(51)57)68-37-6-3/h6,15-16,21-22,26-33,38-40,46,50,55,57-58,63-64H,3-5,7-14,17-20,23-25,34-37,41-42H2,1-2H3. The van der Waals surface area contributed by atoms with Gasteiger partial charge in [-0.3, -0.25) is 14.9 Å². The smallest absolute Gasteiger partial charge is 0.269 e. The van der Waals surface area contributed by atoms with Crippen LogP contribution in [0.25, 0.3) is 10.8 Å². The molecule has 0 spiro atoms. The number of hydrogen-bond donors (Lipinski definition) is 2.